The molecular formula is C13H18O6. The molecule has 2 rings (SSSR count). The Balaban J connectivity index is 1.88. The Kier molecular flexibility index (Phi) is 4.60. The van der Waals surface area contributed by atoms with E-state index in [-0.39, 0.29) is 6.61 Å². The molecule has 1 fully saturated rings. The van der Waals surface area contributed by atoms with Gasteiger partial charge in [0.25, 0.3) is 0 Å². The van der Waals surface area contributed by atoms with Gasteiger partial charge in [0.2, 0.25) is 0 Å². The Morgan fingerprint density at radius 3 is 2.21 bits per heavy atom. The van der Waals surface area contributed by atoms with Crippen LogP contribution in [0.15, 0.2) is 24.3 Å². The molecule has 0 radical (unpaired) electrons. The van der Waals surface area contributed by atoms with Crippen LogP contribution in [0.4, 0.5) is 0 Å². The summed E-state index contributed by atoms with van der Waals surface area (Å²) in [5, 5.41) is 19.4. The summed E-state index contributed by atoms with van der Waals surface area (Å²) in [4.78, 5) is 0. The molecule has 2 N–H and O–H groups in total. The van der Waals surface area contributed by atoms with Gasteiger partial charge in [-0.15, -0.1) is 0 Å². The first-order chi connectivity index (χ1) is 9.15. The number of aliphatic hydroxyl groups excluding tert-OH is 2. The third-order valence-electron chi connectivity index (χ3n) is 3.02. The van der Waals surface area contributed by atoms with Gasteiger partial charge >= 0.3 is 0 Å². The van der Waals surface area contributed by atoms with E-state index in [0.29, 0.717) is 5.75 Å². The molecule has 6 heteroatoms. The standard InChI is InChI=1S/C13H18O6/c1-16-8-3-5-9(6-4-8)18-7-10-11(14)12(15)13(17-2)19-10/h3-6,10-15H,7H2,1-2H3/t10-,11-,12-,13?/m1/s1. The molecule has 106 valence electrons. The second kappa shape index (κ2) is 6.21. The first kappa shape index (κ1) is 14.1. The third-order valence-corrected chi connectivity index (χ3v) is 3.02. The largest absolute Gasteiger partial charge is 0.497 e. The zero-order valence-electron chi connectivity index (χ0n) is 10.9. The molecule has 1 aromatic carbocycles. The van der Waals surface area contributed by atoms with Crippen molar-refractivity contribution in [3.8, 4) is 11.5 Å². The predicted octanol–water partition coefficient (Wildman–Crippen LogP) is 0.167. The Hall–Kier alpha value is -1.34. The molecule has 1 aliphatic heterocycles. The van der Waals surface area contributed by atoms with Gasteiger partial charge in [-0.1, -0.05) is 0 Å². The van der Waals surface area contributed by atoms with Crippen LogP contribution < -0.4 is 9.47 Å². The lowest BCUT2D eigenvalue weighted by molar-refractivity contribution is -0.152. The van der Waals surface area contributed by atoms with E-state index in [4.69, 9.17) is 18.9 Å². The lowest BCUT2D eigenvalue weighted by Crippen LogP contribution is -2.35. The first-order valence-corrected chi connectivity index (χ1v) is 5.97. The second-order valence-electron chi connectivity index (χ2n) is 4.25. The quantitative estimate of drug-likeness (QED) is 0.794. The van der Waals surface area contributed by atoms with Gasteiger partial charge in [-0.3, -0.25) is 0 Å². The lowest BCUT2D eigenvalue weighted by Gasteiger charge is -2.15. The van der Waals surface area contributed by atoms with Crippen molar-refractivity contribution in [3.63, 3.8) is 0 Å². The van der Waals surface area contributed by atoms with Crippen LogP contribution in [0.1, 0.15) is 0 Å². The Morgan fingerprint density at radius 2 is 1.68 bits per heavy atom. The SMILES string of the molecule is COc1ccc(OC[C@H]2OC(OC)[C@H](O)[C@@H]2O)cc1. The molecular weight excluding hydrogens is 252 g/mol. The highest BCUT2D eigenvalue weighted by Gasteiger charge is 2.43. The molecule has 1 saturated heterocycles. The van der Waals surface area contributed by atoms with Crippen LogP contribution >= 0.6 is 0 Å². The van der Waals surface area contributed by atoms with E-state index in [1.54, 1.807) is 31.4 Å². The minimum atomic E-state index is -1.06. The minimum absolute atomic E-state index is 0.129. The van der Waals surface area contributed by atoms with Gasteiger partial charge in [-0.05, 0) is 24.3 Å². The van der Waals surface area contributed by atoms with Crippen molar-refractivity contribution >= 4 is 0 Å². The van der Waals surface area contributed by atoms with E-state index in [0.717, 1.165) is 5.75 Å². The van der Waals surface area contributed by atoms with Crippen LogP contribution in [0.3, 0.4) is 0 Å². The molecule has 1 aliphatic rings. The number of rotatable bonds is 5. The third kappa shape index (κ3) is 3.16. The summed E-state index contributed by atoms with van der Waals surface area (Å²) in [5.41, 5.74) is 0. The van der Waals surface area contributed by atoms with E-state index < -0.39 is 24.6 Å². The van der Waals surface area contributed by atoms with Crippen molar-refractivity contribution in [2.24, 2.45) is 0 Å². The maximum atomic E-state index is 9.76. The molecule has 4 atom stereocenters. The van der Waals surface area contributed by atoms with Crippen LogP contribution in [0, 0.1) is 0 Å². The average Bonchev–Trinajstić information content (AvgIpc) is 2.73. The number of methoxy groups -OCH3 is 2. The van der Waals surface area contributed by atoms with Crippen molar-refractivity contribution < 1.29 is 29.2 Å². The van der Waals surface area contributed by atoms with Gasteiger partial charge < -0.3 is 29.2 Å². The van der Waals surface area contributed by atoms with Gasteiger partial charge in [0.15, 0.2) is 6.29 Å². The van der Waals surface area contributed by atoms with Crippen LogP contribution in [-0.4, -0.2) is 55.6 Å². The zero-order valence-corrected chi connectivity index (χ0v) is 10.9. The number of hydrogen-bond acceptors (Lipinski definition) is 6. The van der Waals surface area contributed by atoms with Crippen molar-refractivity contribution in [1.29, 1.82) is 0 Å². The van der Waals surface area contributed by atoms with Crippen molar-refractivity contribution in [2.75, 3.05) is 20.8 Å². The summed E-state index contributed by atoms with van der Waals surface area (Å²) in [6.45, 7) is 0.129. The topological polar surface area (TPSA) is 77.4 Å². The highest BCUT2D eigenvalue weighted by molar-refractivity contribution is 5.31. The van der Waals surface area contributed by atoms with Crippen LogP contribution in [0.5, 0.6) is 11.5 Å². The van der Waals surface area contributed by atoms with Crippen molar-refractivity contribution in [1.82, 2.24) is 0 Å². The molecule has 19 heavy (non-hydrogen) atoms. The molecule has 1 aromatic rings. The van der Waals surface area contributed by atoms with Crippen LogP contribution in [0.2, 0.25) is 0 Å². The lowest BCUT2D eigenvalue weighted by atomic mass is 10.1. The number of ether oxygens (including phenoxy) is 4. The molecule has 6 nitrogen and oxygen atoms in total. The molecule has 1 heterocycles. The number of hydrogen-bond donors (Lipinski definition) is 2. The van der Waals surface area contributed by atoms with Gasteiger partial charge in [0.1, 0.15) is 36.4 Å². The van der Waals surface area contributed by atoms with E-state index in [2.05, 4.69) is 0 Å². The maximum absolute atomic E-state index is 9.76. The summed E-state index contributed by atoms with van der Waals surface area (Å²) in [5.74, 6) is 1.37. The monoisotopic (exact) mass is 270 g/mol. The molecule has 0 amide bonds. The van der Waals surface area contributed by atoms with Crippen molar-refractivity contribution in [3.05, 3.63) is 24.3 Å². The summed E-state index contributed by atoms with van der Waals surface area (Å²) >= 11 is 0. The van der Waals surface area contributed by atoms with E-state index >= 15 is 0 Å². The highest BCUT2D eigenvalue weighted by atomic mass is 16.7. The predicted molar refractivity (Wildman–Crippen MR) is 66.2 cm³/mol. The van der Waals surface area contributed by atoms with E-state index in [1.807, 2.05) is 0 Å². The molecule has 0 spiro atoms. The van der Waals surface area contributed by atoms with Gasteiger partial charge in [0, 0.05) is 7.11 Å². The second-order valence-corrected chi connectivity index (χ2v) is 4.25. The fourth-order valence-corrected chi connectivity index (χ4v) is 1.90. The first-order valence-electron chi connectivity index (χ1n) is 5.97. The van der Waals surface area contributed by atoms with Crippen LogP contribution in [0.25, 0.3) is 0 Å². The van der Waals surface area contributed by atoms with Crippen molar-refractivity contribution in [2.45, 2.75) is 24.6 Å². The molecule has 1 unspecified atom stereocenters. The molecule has 0 bridgehead atoms. The Morgan fingerprint density at radius 1 is 1.05 bits per heavy atom. The zero-order chi connectivity index (χ0) is 13.8. The van der Waals surface area contributed by atoms with E-state index in [9.17, 15) is 10.2 Å². The average molecular weight is 270 g/mol. The Labute approximate surface area is 111 Å². The van der Waals surface area contributed by atoms with Gasteiger partial charge in [-0.2, -0.15) is 0 Å². The number of aliphatic hydroxyl groups is 2. The maximum Gasteiger partial charge on any atom is 0.186 e. The summed E-state index contributed by atoms with van der Waals surface area (Å²) in [6, 6.07) is 7.05. The number of benzene rings is 1. The van der Waals surface area contributed by atoms with E-state index in [1.165, 1.54) is 7.11 Å². The fourth-order valence-electron chi connectivity index (χ4n) is 1.90. The molecule has 0 aliphatic carbocycles. The van der Waals surface area contributed by atoms with Gasteiger partial charge in [-0.25, -0.2) is 0 Å². The minimum Gasteiger partial charge on any atom is -0.497 e. The summed E-state index contributed by atoms with van der Waals surface area (Å²) in [6.07, 6.45) is -3.53. The molecule has 0 aromatic heterocycles. The Bertz CT molecular complexity index is 393. The normalized spacial score (nSPS) is 30.3. The summed E-state index contributed by atoms with van der Waals surface area (Å²) in [7, 11) is 3.00. The van der Waals surface area contributed by atoms with Gasteiger partial charge in [0.05, 0.1) is 7.11 Å². The highest BCUT2D eigenvalue weighted by Crippen LogP contribution is 2.23. The van der Waals surface area contributed by atoms with Crippen LogP contribution in [-0.2, 0) is 9.47 Å². The summed E-state index contributed by atoms with van der Waals surface area (Å²) < 4.78 is 20.8. The smallest absolute Gasteiger partial charge is 0.186 e. The fraction of sp³-hybridized carbons (Fsp3) is 0.538. The molecule has 0 saturated carbocycles.